The number of hydrogen-bond donors (Lipinski definition) is 0. The van der Waals surface area contributed by atoms with E-state index in [-0.39, 0.29) is 29.2 Å². The number of methoxy groups -OCH3 is 4. The van der Waals surface area contributed by atoms with E-state index < -0.39 is 29.6 Å². The minimum Gasteiger partial charge on any atom is -0.493 e. The average molecular weight is 735 g/mol. The molecule has 2 aliphatic rings. The molecule has 0 saturated heterocycles. The zero-order valence-electron chi connectivity index (χ0n) is 30.4. The summed E-state index contributed by atoms with van der Waals surface area (Å²) in [4.78, 5) is 41.6. The quantitative estimate of drug-likeness (QED) is 0.108. The third kappa shape index (κ3) is 5.26. The van der Waals surface area contributed by atoms with Crippen molar-refractivity contribution in [3.63, 3.8) is 0 Å². The molecule has 2 aliphatic heterocycles. The van der Waals surface area contributed by atoms with Gasteiger partial charge in [0.2, 0.25) is 0 Å². The maximum absolute atomic E-state index is 14.3. The fourth-order valence-corrected chi connectivity index (χ4v) is 7.33. The van der Waals surface area contributed by atoms with Gasteiger partial charge in [-0.05, 0) is 47.2 Å². The smallest absolute Gasteiger partial charge is 0.493 e. The Hall–Kier alpha value is -6.63. The van der Waals surface area contributed by atoms with Crippen LogP contribution in [-0.4, -0.2) is 46.5 Å². The van der Waals surface area contributed by atoms with Crippen LogP contribution in [0.3, 0.4) is 0 Å². The summed E-state index contributed by atoms with van der Waals surface area (Å²) < 4.78 is 57.2. The van der Waals surface area contributed by atoms with Gasteiger partial charge in [-0.25, -0.2) is 14.4 Å². The highest BCUT2D eigenvalue weighted by Gasteiger charge is 2.45. The number of fused-ring (bicyclic) bond motifs is 4. The molecule has 0 N–H and O–H groups in total. The third-order valence-corrected chi connectivity index (χ3v) is 9.69. The van der Waals surface area contributed by atoms with Gasteiger partial charge in [-0.1, -0.05) is 20.8 Å². The van der Waals surface area contributed by atoms with Crippen LogP contribution in [0.15, 0.2) is 70.3 Å². The number of carbonyl (C=O) groups excluding carboxylic acids is 3. The van der Waals surface area contributed by atoms with Crippen molar-refractivity contribution in [1.29, 1.82) is 0 Å². The Morgan fingerprint density at radius 1 is 0.648 bits per heavy atom. The summed E-state index contributed by atoms with van der Waals surface area (Å²) in [5, 5.41) is 1.80. The van der Waals surface area contributed by atoms with Crippen LogP contribution >= 0.6 is 0 Å². The molecule has 13 heteroatoms. The van der Waals surface area contributed by atoms with E-state index in [0.29, 0.717) is 77.9 Å². The summed E-state index contributed by atoms with van der Waals surface area (Å²) in [5.41, 5.74) is 2.60. The average Bonchev–Trinajstić information content (AvgIpc) is 3.99. The molecular formula is C41H34O13. The first-order valence-electron chi connectivity index (χ1n) is 16.8. The maximum Gasteiger partial charge on any atom is 0.519 e. The fraction of sp³-hybridized carbons (Fsp3) is 0.244. The number of carbonyl (C=O) groups is 3. The SMILES string of the molecule is COc1cc2c(OC(=O)Oc3c4c(c(-c5ccoc5)c5cc(OC)c(OC)cc35)C(=O)OC4C(C)(C)C)c3c(c(-c4ccoc4)c2cc1OC)C(=O)OC3. The van der Waals surface area contributed by atoms with Crippen LogP contribution in [0.4, 0.5) is 4.79 Å². The highest BCUT2D eigenvalue weighted by Crippen LogP contribution is 2.55. The van der Waals surface area contributed by atoms with E-state index in [9.17, 15) is 14.4 Å². The molecule has 13 nitrogen and oxygen atoms in total. The van der Waals surface area contributed by atoms with Gasteiger partial charge in [0, 0.05) is 44.0 Å². The first kappa shape index (κ1) is 34.5. The number of esters is 2. The Labute approximate surface area is 308 Å². The Balaban J connectivity index is 1.37. The van der Waals surface area contributed by atoms with E-state index in [1.165, 1.54) is 53.5 Å². The lowest BCUT2D eigenvalue weighted by Gasteiger charge is -2.28. The Kier molecular flexibility index (Phi) is 8.16. The van der Waals surface area contributed by atoms with Gasteiger partial charge in [0.1, 0.15) is 24.2 Å². The van der Waals surface area contributed by atoms with Crippen molar-refractivity contribution in [2.75, 3.05) is 28.4 Å². The van der Waals surface area contributed by atoms with Gasteiger partial charge in [-0.15, -0.1) is 0 Å². The molecule has 4 aromatic carbocycles. The summed E-state index contributed by atoms with van der Waals surface area (Å²) in [6.07, 6.45) is 4.00. The van der Waals surface area contributed by atoms with Crippen LogP contribution < -0.4 is 28.4 Å². The second-order valence-electron chi connectivity index (χ2n) is 13.8. The molecule has 54 heavy (non-hydrogen) atoms. The van der Waals surface area contributed by atoms with Crippen LogP contribution in [0.5, 0.6) is 34.5 Å². The number of rotatable bonds is 8. The van der Waals surface area contributed by atoms with Gasteiger partial charge in [-0.3, -0.25) is 0 Å². The van der Waals surface area contributed by atoms with Crippen LogP contribution in [-0.2, 0) is 16.1 Å². The van der Waals surface area contributed by atoms with E-state index in [4.69, 9.17) is 46.7 Å². The topological polar surface area (TPSA) is 151 Å². The predicted octanol–water partition coefficient (Wildman–Crippen LogP) is 9.05. The largest absolute Gasteiger partial charge is 0.519 e. The first-order valence-corrected chi connectivity index (χ1v) is 16.8. The Morgan fingerprint density at radius 3 is 1.61 bits per heavy atom. The van der Waals surface area contributed by atoms with Gasteiger partial charge in [0.15, 0.2) is 23.0 Å². The molecule has 1 atom stereocenters. The monoisotopic (exact) mass is 734 g/mol. The number of furan rings is 2. The zero-order valence-corrected chi connectivity index (χ0v) is 30.4. The fourth-order valence-electron chi connectivity index (χ4n) is 7.33. The summed E-state index contributed by atoms with van der Waals surface area (Å²) >= 11 is 0. The normalized spacial score (nSPS) is 14.8. The van der Waals surface area contributed by atoms with Gasteiger partial charge < -0.3 is 46.7 Å². The minimum absolute atomic E-state index is 0.0129. The summed E-state index contributed by atoms with van der Waals surface area (Å²) in [7, 11) is 5.95. The molecule has 8 rings (SSSR count). The van der Waals surface area contributed by atoms with E-state index in [0.717, 1.165) is 0 Å². The zero-order chi connectivity index (χ0) is 38.1. The van der Waals surface area contributed by atoms with Crippen molar-refractivity contribution in [3.8, 4) is 56.8 Å². The highest BCUT2D eigenvalue weighted by molar-refractivity contribution is 6.16. The second kappa shape index (κ2) is 12.8. The predicted molar refractivity (Wildman–Crippen MR) is 193 cm³/mol. The lowest BCUT2D eigenvalue weighted by Crippen LogP contribution is -2.21. The molecule has 6 aromatic rings. The molecule has 1 unspecified atom stereocenters. The number of benzene rings is 4. The molecule has 0 bridgehead atoms. The van der Waals surface area contributed by atoms with Crippen molar-refractivity contribution in [3.05, 3.63) is 83.7 Å². The molecule has 0 fully saturated rings. The minimum atomic E-state index is -1.16. The van der Waals surface area contributed by atoms with Crippen molar-refractivity contribution in [2.45, 2.75) is 33.5 Å². The van der Waals surface area contributed by atoms with Gasteiger partial charge in [0.25, 0.3) is 0 Å². The van der Waals surface area contributed by atoms with Crippen molar-refractivity contribution >= 4 is 39.6 Å². The van der Waals surface area contributed by atoms with E-state index in [2.05, 4.69) is 0 Å². The molecule has 0 radical (unpaired) electrons. The van der Waals surface area contributed by atoms with Crippen LogP contribution in [0.2, 0.25) is 0 Å². The van der Waals surface area contributed by atoms with Gasteiger partial charge in [0.05, 0.1) is 70.2 Å². The molecule has 276 valence electrons. The second-order valence-corrected chi connectivity index (χ2v) is 13.8. The molecule has 0 amide bonds. The molecule has 2 aromatic heterocycles. The van der Waals surface area contributed by atoms with E-state index >= 15 is 0 Å². The molecular weight excluding hydrogens is 700 g/mol. The molecule has 4 heterocycles. The summed E-state index contributed by atoms with van der Waals surface area (Å²) in [5.74, 6) is 0.243. The van der Waals surface area contributed by atoms with Crippen LogP contribution in [0.25, 0.3) is 43.8 Å². The lowest BCUT2D eigenvalue weighted by molar-refractivity contribution is 0.00729. The Morgan fingerprint density at radius 2 is 1.13 bits per heavy atom. The Bertz CT molecular complexity index is 2500. The first-order chi connectivity index (χ1) is 26.0. The highest BCUT2D eigenvalue weighted by atomic mass is 16.7. The number of cyclic esters (lactones) is 2. The lowest BCUT2D eigenvalue weighted by atomic mass is 9.80. The number of ether oxygens (including phenoxy) is 8. The molecule has 0 saturated carbocycles. The number of hydrogen-bond acceptors (Lipinski definition) is 13. The van der Waals surface area contributed by atoms with Crippen molar-refractivity contribution < 1.29 is 61.1 Å². The standard InChI is InChI=1S/C41H34O13/c1-41(2,3)37-34-33(39(43)54-37)31(20-9-11-50-17-20)22-13-27(46-5)29(48-7)15-24(22)36(34)53-40(44)52-35-23-14-28(47-6)26(45-4)12-21(23)30(19-8-10-49-16-19)32-25(35)18-51-38(32)42/h8-17,37H,18H2,1-7H3. The van der Waals surface area contributed by atoms with Crippen LogP contribution in [0, 0.1) is 5.41 Å². The molecule has 0 aliphatic carbocycles. The summed E-state index contributed by atoms with van der Waals surface area (Å²) in [6.45, 7) is 5.55. The van der Waals surface area contributed by atoms with Gasteiger partial charge >= 0.3 is 18.1 Å². The van der Waals surface area contributed by atoms with Crippen molar-refractivity contribution in [1.82, 2.24) is 0 Å². The van der Waals surface area contributed by atoms with E-state index in [1.807, 2.05) is 20.8 Å². The maximum atomic E-state index is 14.3. The van der Waals surface area contributed by atoms with Gasteiger partial charge in [-0.2, -0.15) is 0 Å². The molecule has 0 spiro atoms. The van der Waals surface area contributed by atoms with Crippen molar-refractivity contribution in [2.24, 2.45) is 5.41 Å². The third-order valence-electron chi connectivity index (χ3n) is 9.69. The van der Waals surface area contributed by atoms with Crippen LogP contribution in [0.1, 0.15) is 58.7 Å². The summed E-state index contributed by atoms with van der Waals surface area (Å²) in [6, 6.07) is 10.1. The van der Waals surface area contributed by atoms with E-state index in [1.54, 1.807) is 36.4 Å².